The molecular formula is C17H16ClN5O. The van der Waals surface area contributed by atoms with Crippen LogP contribution in [-0.2, 0) is 0 Å². The summed E-state index contributed by atoms with van der Waals surface area (Å²) < 4.78 is 0. The van der Waals surface area contributed by atoms with Crippen molar-refractivity contribution < 1.29 is 4.79 Å². The van der Waals surface area contributed by atoms with Crippen LogP contribution < -0.4 is 10.6 Å². The standard InChI is InChI=1S/C17H16ClN5O/c1-10-9-19-14(18)8-13(10)20-17(24)21-16-11(2)15(22-23-16)12-6-4-3-5-7-12/h3-9H,1-2H3,(H3,19,20,21,22,23,24). The summed E-state index contributed by atoms with van der Waals surface area (Å²) in [7, 11) is 0. The Hall–Kier alpha value is -2.86. The summed E-state index contributed by atoms with van der Waals surface area (Å²) in [6.07, 6.45) is 1.60. The molecule has 6 nitrogen and oxygen atoms in total. The summed E-state index contributed by atoms with van der Waals surface area (Å²) in [6, 6.07) is 11.0. The number of urea groups is 1. The van der Waals surface area contributed by atoms with E-state index in [2.05, 4.69) is 25.8 Å². The van der Waals surface area contributed by atoms with Gasteiger partial charge in [-0.25, -0.2) is 9.78 Å². The van der Waals surface area contributed by atoms with E-state index in [0.717, 1.165) is 22.4 Å². The molecule has 0 saturated carbocycles. The average molecular weight is 342 g/mol. The van der Waals surface area contributed by atoms with Crippen LogP contribution in [0.5, 0.6) is 0 Å². The van der Waals surface area contributed by atoms with Crippen LogP contribution in [0.2, 0.25) is 5.15 Å². The van der Waals surface area contributed by atoms with E-state index in [9.17, 15) is 4.79 Å². The first kappa shape index (κ1) is 16.0. The number of aromatic amines is 1. The lowest BCUT2D eigenvalue weighted by Gasteiger charge is -2.09. The molecule has 122 valence electrons. The minimum absolute atomic E-state index is 0.318. The van der Waals surface area contributed by atoms with Gasteiger partial charge in [0.2, 0.25) is 0 Å². The van der Waals surface area contributed by atoms with E-state index in [1.807, 2.05) is 44.2 Å². The molecule has 0 saturated heterocycles. The monoisotopic (exact) mass is 341 g/mol. The lowest BCUT2D eigenvalue weighted by Crippen LogP contribution is -2.20. The maximum atomic E-state index is 12.2. The molecule has 0 unspecified atom stereocenters. The summed E-state index contributed by atoms with van der Waals surface area (Å²) in [6.45, 7) is 3.74. The van der Waals surface area contributed by atoms with Crippen molar-refractivity contribution in [2.24, 2.45) is 0 Å². The zero-order chi connectivity index (χ0) is 17.1. The summed E-state index contributed by atoms with van der Waals surface area (Å²) in [4.78, 5) is 16.2. The largest absolute Gasteiger partial charge is 0.324 e. The third-order valence-corrected chi connectivity index (χ3v) is 3.83. The maximum Gasteiger partial charge on any atom is 0.324 e. The maximum absolute atomic E-state index is 12.2. The Morgan fingerprint density at radius 3 is 2.67 bits per heavy atom. The number of H-pyrrole nitrogens is 1. The van der Waals surface area contributed by atoms with Gasteiger partial charge >= 0.3 is 6.03 Å². The summed E-state index contributed by atoms with van der Waals surface area (Å²) in [5.41, 5.74) is 4.16. The average Bonchev–Trinajstić information content (AvgIpc) is 2.92. The van der Waals surface area contributed by atoms with Gasteiger partial charge in [0.1, 0.15) is 5.15 Å². The first-order valence-corrected chi connectivity index (χ1v) is 7.73. The number of aromatic nitrogens is 3. The quantitative estimate of drug-likeness (QED) is 0.618. The Balaban J connectivity index is 1.76. The van der Waals surface area contributed by atoms with Gasteiger partial charge in [0.15, 0.2) is 5.82 Å². The van der Waals surface area contributed by atoms with Gasteiger partial charge < -0.3 is 5.32 Å². The molecule has 3 rings (SSSR count). The Morgan fingerprint density at radius 2 is 1.92 bits per heavy atom. The predicted molar refractivity (Wildman–Crippen MR) is 95.4 cm³/mol. The van der Waals surface area contributed by atoms with E-state index < -0.39 is 6.03 Å². The second-order valence-electron chi connectivity index (χ2n) is 5.34. The van der Waals surface area contributed by atoms with Crippen molar-refractivity contribution in [3.63, 3.8) is 0 Å². The number of hydrogen-bond donors (Lipinski definition) is 3. The fourth-order valence-electron chi connectivity index (χ4n) is 2.30. The van der Waals surface area contributed by atoms with Gasteiger partial charge in [0.25, 0.3) is 0 Å². The Bertz CT molecular complexity index is 876. The number of amides is 2. The van der Waals surface area contributed by atoms with Crippen LogP contribution in [0.4, 0.5) is 16.3 Å². The normalized spacial score (nSPS) is 10.5. The van der Waals surface area contributed by atoms with Crippen LogP contribution in [0.15, 0.2) is 42.6 Å². The molecular weight excluding hydrogens is 326 g/mol. The number of carbonyl (C=O) groups is 1. The van der Waals surface area contributed by atoms with Crippen molar-refractivity contribution in [3.8, 4) is 11.3 Å². The zero-order valence-electron chi connectivity index (χ0n) is 13.2. The lowest BCUT2D eigenvalue weighted by atomic mass is 10.1. The highest BCUT2D eigenvalue weighted by atomic mass is 35.5. The number of nitrogens with zero attached hydrogens (tertiary/aromatic N) is 2. The number of rotatable bonds is 3. The first-order chi connectivity index (χ1) is 11.5. The SMILES string of the molecule is Cc1cnc(Cl)cc1NC(=O)Nc1n[nH]c(-c2ccccc2)c1C. The van der Waals surface area contributed by atoms with E-state index in [-0.39, 0.29) is 0 Å². The zero-order valence-corrected chi connectivity index (χ0v) is 14.0. The number of benzene rings is 1. The number of pyridine rings is 1. The van der Waals surface area contributed by atoms with Crippen molar-refractivity contribution in [2.75, 3.05) is 10.6 Å². The summed E-state index contributed by atoms with van der Waals surface area (Å²) in [5, 5.41) is 12.9. The second-order valence-corrected chi connectivity index (χ2v) is 5.73. The molecule has 1 aromatic carbocycles. The van der Waals surface area contributed by atoms with E-state index in [1.54, 1.807) is 12.3 Å². The molecule has 0 radical (unpaired) electrons. The fraction of sp³-hybridized carbons (Fsp3) is 0.118. The van der Waals surface area contributed by atoms with Crippen molar-refractivity contribution in [2.45, 2.75) is 13.8 Å². The minimum Gasteiger partial charge on any atom is -0.307 e. The number of halogens is 1. The molecule has 0 atom stereocenters. The highest BCUT2D eigenvalue weighted by Gasteiger charge is 2.13. The molecule has 3 N–H and O–H groups in total. The first-order valence-electron chi connectivity index (χ1n) is 7.35. The van der Waals surface area contributed by atoms with Gasteiger partial charge in [-0.2, -0.15) is 5.10 Å². The number of anilines is 2. The van der Waals surface area contributed by atoms with Crippen molar-refractivity contribution >= 4 is 29.1 Å². The van der Waals surface area contributed by atoms with Crippen LogP contribution >= 0.6 is 11.6 Å². The molecule has 24 heavy (non-hydrogen) atoms. The number of nitrogens with one attached hydrogen (secondary N) is 3. The molecule has 0 fully saturated rings. The van der Waals surface area contributed by atoms with Crippen molar-refractivity contribution in [1.29, 1.82) is 0 Å². The summed E-state index contributed by atoms with van der Waals surface area (Å²) >= 11 is 5.86. The van der Waals surface area contributed by atoms with Crippen LogP contribution in [0.25, 0.3) is 11.3 Å². The van der Waals surface area contributed by atoms with E-state index >= 15 is 0 Å². The number of hydrogen-bond acceptors (Lipinski definition) is 3. The second kappa shape index (κ2) is 6.72. The van der Waals surface area contributed by atoms with Crippen LogP contribution in [0, 0.1) is 13.8 Å². The molecule has 2 heterocycles. The predicted octanol–water partition coefficient (Wildman–Crippen LogP) is 4.39. The lowest BCUT2D eigenvalue weighted by molar-refractivity contribution is 0.262. The van der Waals surface area contributed by atoms with Crippen LogP contribution in [0.3, 0.4) is 0 Å². The van der Waals surface area contributed by atoms with E-state index in [4.69, 9.17) is 11.6 Å². The highest BCUT2D eigenvalue weighted by molar-refractivity contribution is 6.29. The van der Waals surface area contributed by atoms with Crippen molar-refractivity contribution in [3.05, 3.63) is 58.9 Å². The van der Waals surface area contributed by atoms with E-state index in [1.165, 1.54) is 0 Å². The molecule has 0 spiro atoms. The molecule has 0 bridgehead atoms. The van der Waals surface area contributed by atoms with Gasteiger partial charge in [-0.1, -0.05) is 41.9 Å². The topological polar surface area (TPSA) is 82.7 Å². The van der Waals surface area contributed by atoms with Crippen LogP contribution in [0.1, 0.15) is 11.1 Å². The Morgan fingerprint density at radius 1 is 1.17 bits per heavy atom. The fourth-order valence-corrected chi connectivity index (χ4v) is 2.46. The molecule has 7 heteroatoms. The molecule has 0 aliphatic carbocycles. The third kappa shape index (κ3) is 3.38. The number of aryl methyl sites for hydroxylation is 1. The van der Waals surface area contributed by atoms with E-state index in [0.29, 0.717) is 16.7 Å². The molecule has 0 aliphatic rings. The van der Waals surface area contributed by atoms with Gasteiger partial charge in [-0.3, -0.25) is 10.4 Å². The van der Waals surface area contributed by atoms with Gasteiger partial charge in [-0.15, -0.1) is 0 Å². The minimum atomic E-state index is -0.394. The molecule has 0 aliphatic heterocycles. The molecule has 2 aromatic heterocycles. The highest BCUT2D eigenvalue weighted by Crippen LogP contribution is 2.25. The number of carbonyl (C=O) groups excluding carboxylic acids is 1. The Kier molecular flexibility index (Phi) is 4.48. The Labute approximate surface area is 144 Å². The smallest absolute Gasteiger partial charge is 0.307 e. The van der Waals surface area contributed by atoms with Crippen LogP contribution in [-0.4, -0.2) is 21.2 Å². The van der Waals surface area contributed by atoms with Gasteiger partial charge in [-0.05, 0) is 31.0 Å². The molecule has 3 aromatic rings. The van der Waals surface area contributed by atoms with Gasteiger partial charge in [0, 0.05) is 17.4 Å². The summed E-state index contributed by atoms with van der Waals surface area (Å²) in [5.74, 6) is 0.476. The van der Waals surface area contributed by atoms with Crippen molar-refractivity contribution in [1.82, 2.24) is 15.2 Å². The van der Waals surface area contributed by atoms with Gasteiger partial charge in [0.05, 0.1) is 5.69 Å². The third-order valence-electron chi connectivity index (χ3n) is 3.62. The molecule has 2 amide bonds.